The van der Waals surface area contributed by atoms with Crippen LogP contribution in [-0.4, -0.2) is 43.8 Å². The molecule has 0 spiro atoms. The molecule has 0 heterocycles. The lowest BCUT2D eigenvalue weighted by atomic mass is 10.1. The fraction of sp³-hybridized carbons (Fsp3) is 0.333. The summed E-state index contributed by atoms with van der Waals surface area (Å²) in [5, 5.41) is 2.93. The minimum Gasteiger partial charge on any atom is -0.352 e. The summed E-state index contributed by atoms with van der Waals surface area (Å²) in [4.78, 5) is 28.7. The fourth-order valence-corrected chi connectivity index (χ4v) is 5.61. The molecular formula is C30H36FN3O4S. The molecule has 3 rings (SSSR count). The number of nitrogens with zero attached hydrogens (tertiary/aromatic N) is 2. The van der Waals surface area contributed by atoms with E-state index in [0.29, 0.717) is 24.1 Å². The van der Waals surface area contributed by atoms with Crippen LogP contribution in [0.3, 0.4) is 0 Å². The van der Waals surface area contributed by atoms with Crippen LogP contribution in [0.5, 0.6) is 0 Å². The fourth-order valence-electron chi connectivity index (χ4n) is 4.18. The van der Waals surface area contributed by atoms with E-state index in [1.165, 1.54) is 29.2 Å². The minimum atomic E-state index is -4.12. The normalized spacial score (nSPS) is 12.8. The van der Waals surface area contributed by atoms with Gasteiger partial charge in [-0.25, -0.2) is 12.8 Å². The Hall–Kier alpha value is -3.72. The maximum Gasteiger partial charge on any atom is 0.264 e. The van der Waals surface area contributed by atoms with E-state index in [1.807, 2.05) is 26.8 Å². The Bertz CT molecular complexity index is 1360. The van der Waals surface area contributed by atoms with Gasteiger partial charge in [0.15, 0.2) is 0 Å². The number of nitrogens with one attached hydrogen (secondary N) is 1. The largest absolute Gasteiger partial charge is 0.352 e. The lowest BCUT2D eigenvalue weighted by Gasteiger charge is -2.33. The van der Waals surface area contributed by atoms with E-state index < -0.39 is 34.3 Å². The highest BCUT2D eigenvalue weighted by Crippen LogP contribution is 2.25. The van der Waals surface area contributed by atoms with Gasteiger partial charge in [-0.15, -0.1) is 0 Å². The van der Waals surface area contributed by atoms with Crippen molar-refractivity contribution in [1.29, 1.82) is 0 Å². The first-order chi connectivity index (χ1) is 18.6. The SMILES string of the molecule is CC[C@@H](C)NC(=O)[C@@H](CC)N(Cc1ccc(F)cc1)C(=O)CN(c1cccc(C)c1)S(=O)(=O)c1ccccc1. The summed E-state index contributed by atoms with van der Waals surface area (Å²) in [7, 11) is -4.12. The Balaban J connectivity index is 2.04. The van der Waals surface area contributed by atoms with Gasteiger partial charge in [0.1, 0.15) is 18.4 Å². The molecule has 0 radical (unpaired) electrons. The highest BCUT2D eigenvalue weighted by atomic mass is 32.2. The maximum absolute atomic E-state index is 14.0. The van der Waals surface area contributed by atoms with Crippen molar-refractivity contribution in [2.24, 2.45) is 0 Å². The van der Waals surface area contributed by atoms with E-state index >= 15 is 0 Å². The third-order valence-corrected chi connectivity index (χ3v) is 8.34. The number of carbonyl (C=O) groups is 2. The summed E-state index contributed by atoms with van der Waals surface area (Å²) < 4.78 is 42.2. The molecule has 7 nitrogen and oxygen atoms in total. The van der Waals surface area contributed by atoms with Crippen LogP contribution in [-0.2, 0) is 26.2 Å². The van der Waals surface area contributed by atoms with Crippen molar-refractivity contribution >= 4 is 27.5 Å². The number of amides is 2. The number of carbonyl (C=O) groups excluding carboxylic acids is 2. The van der Waals surface area contributed by atoms with Gasteiger partial charge in [0.2, 0.25) is 11.8 Å². The summed E-state index contributed by atoms with van der Waals surface area (Å²) in [5.41, 5.74) is 1.79. The van der Waals surface area contributed by atoms with Crippen molar-refractivity contribution < 1.29 is 22.4 Å². The third kappa shape index (κ3) is 7.66. The lowest BCUT2D eigenvalue weighted by Crippen LogP contribution is -2.53. The number of rotatable bonds is 12. The van der Waals surface area contributed by atoms with Gasteiger partial charge in [-0.2, -0.15) is 0 Å². The van der Waals surface area contributed by atoms with E-state index in [0.717, 1.165) is 9.87 Å². The van der Waals surface area contributed by atoms with E-state index in [9.17, 15) is 22.4 Å². The molecule has 3 aromatic rings. The zero-order valence-corrected chi connectivity index (χ0v) is 23.6. The van der Waals surface area contributed by atoms with Gasteiger partial charge in [-0.05, 0) is 74.2 Å². The molecule has 2 atom stereocenters. The molecule has 0 saturated heterocycles. The number of anilines is 1. The van der Waals surface area contributed by atoms with Crippen LogP contribution in [0, 0.1) is 12.7 Å². The number of halogens is 1. The molecular weight excluding hydrogens is 517 g/mol. The second-order valence-electron chi connectivity index (χ2n) is 9.55. The van der Waals surface area contributed by atoms with Crippen molar-refractivity contribution in [3.8, 4) is 0 Å². The van der Waals surface area contributed by atoms with Crippen molar-refractivity contribution in [3.63, 3.8) is 0 Å². The monoisotopic (exact) mass is 553 g/mol. The smallest absolute Gasteiger partial charge is 0.264 e. The van der Waals surface area contributed by atoms with Crippen LogP contribution in [0.25, 0.3) is 0 Å². The number of hydrogen-bond donors (Lipinski definition) is 1. The van der Waals surface area contributed by atoms with Crippen LogP contribution in [0.4, 0.5) is 10.1 Å². The predicted molar refractivity (Wildman–Crippen MR) is 151 cm³/mol. The highest BCUT2D eigenvalue weighted by Gasteiger charge is 2.34. The third-order valence-electron chi connectivity index (χ3n) is 6.55. The van der Waals surface area contributed by atoms with Gasteiger partial charge in [0, 0.05) is 12.6 Å². The molecule has 1 N–H and O–H groups in total. The van der Waals surface area contributed by atoms with Crippen molar-refractivity contribution in [3.05, 3.63) is 95.8 Å². The number of aryl methyl sites for hydroxylation is 1. The first kappa shape index (κ1) is 29.8. The van der Waals surface area contributed by atoms with Gasteiger partial charge in [-0.3, -0.25) is 13.9 Å². The molecule has 9 heteroatoms. The molecule has 0 saturated carbocycles. The van der Waals surface area contributed by atoms with E-state index in [-0.39, 0.29) is 23.4 Å². The molecule has 0 bridgehead atoms. The van der Waals surface area contributed by atoms with Crippen LogP contribution in [0.1, 0.15) is 44.7 Å². The Kier molecular flexibility index (Phi) is 10.2. The standard InChI is InChI=1S/C30H36FN3O4S/c1-5-23(4)32-30(36)28(6-2)33(20-24-15-17-25(31)18-16-24)29(35)21-34(26-12-10-11-22(3)19-26)39(37,38)27-13-8-7-9-14-27/h7-19,23,28H,5-6,20-21H2,1-4H3,(H,32,36)/t23-,28-/m1/s1. The maximum atomic E-state index is 14.0. The summed E-state index contributed by atoms with van der Waals surface area (Å²) in [6.45, 7) is 6.95. The highest BCUT2D eigenvalue weighted by molar-refractivity contribution is 7.92. The van der Waals surface area contributed by atoms with Crippen molar-refractivity contribution in [2.45, 2.75) is 64.1 Å². The van der Waals surface area contributed by atoms with Gasteiger partial charge in [0.05, 0.1) is 10.6 Å². The number of hydrogen-bond acceptors (Lipinski definition) is 4. The molecule has 208 valence electrons. The average molecular weight is 554 g/mol. The molecule has 2 amide bonds. The zero-order valence-electron chi connectivity index (χ0n) is 22.8. The molecule has 0 unspecified atom stereocenters. The summed E-state index contributed by atoms with van der Waals surface area (Å²) in [6, 6.07) is 19.5. The van der Waals surface area contributed by atoms with Gasteiger partial charge in [0.25, 0.3) is 10.0 Å². The zero-order chi connectivity index (χ0) is 28.6. The van der Waals surface area contributed by atoms with Crippen LogP contribution < -0.4 is 9.62 Å². The lowest BCUT2D eigenvalue weighted by molar-refractivity contribution is -0.140. The Labute approximate surface area is 230 Å². The summed E-state index contributed by atoms with van der Waals surface area (Å²) >= 11 is 0. The first-order valence-corrected chi connectivity index (χ1v) is 14.5. The Morgan fingerprint density at radius 1 is 0.923 bits per heavy atom. The molecule has 0 aliphatic rings. The van der Waals surface area contributed by atoms with E-state index in [2.05, 4.69) is 5.32 Å². The predicted octanol–water partition coefficient (Wildman–Crippen LogP) is 5.05. The van der Waals surface area contributed by atoms with E-state index in [4.69, 9.17) is 0 Å². The summed E-state index contributed by atoms with van der Waals surface area (Å²) in [5.74, 6) is -1.29. The van der Waals surface area contributed by atoms with Crippen molar-refractivity contribution in [2.75, 3.05) is 10.8 Å². The van der Waals surface area contributed by atoms with Gasteiger partial charge < -0.3 is 10.2 Å². The van der Waals surface area contributed by atoms with Gasteiger partial charge >= 0.3 is 0 Å². The Morgan fingerprint density at radius 3 is 2.18 bits per heavy atom. The van der Waals surface area contributed by atoms with Crippen LogP contribution in [0.2, 0.25) is 0 Å². The molecule has 0 aliphatic heterocycles. The Morgan fingerprint density at radius 2 is 1.59 bits per heavy atom. The molecule has 0 fully saturated rings. The van der Waals surface area contributed by atoms with Crippen LogP contribution in [0.15, 0.2) is 83.8 Å². The minimum absolute atomic E-state index is 0.0125. The second kappa shape index (κ2) is 13.4. The molecule has 0 aromatic heterocycles. The van der Waals surface area contributed by atoms with E-state index in [1.54, 1.807) is 55.5 Å². The number of benzene rings is 3. The second-order valence-corrected chi connectivity index (χ2v) is 11.4. The van der Waals surface area contributed by atoms with Crippen molar-refractivity contribution in [1.82, 2.24) is 10.2 Å². The summed E-state index contributed by atoms with van der Waals surface area (Å²) in [6.07, 6.45) is 1.02. The molecule has 3 aromatic carbocycles. The number of sulfonamides is 1. The quantitative estimate of drug-likeness (QED) is 0.340. The van der Waals surface area contributed by atoms with Crippen LogP contribution >= 0.6 is 0 Å². The molecule has 0 aliphatic carbocycles. The topological polar surface area (TPSA) is 86.8 Å². The average Bonchev–Trinajstić information content (AvgIpc) is 2.92. The molecule has 39 heavy (non-hydrogen) atoms. The van der Waals surface area contributed by atoms with Gasteiger partial charge in [-0.1, -0.05) is 56.3 Å². The first-order valence-electron chi connectivity index (χ1n) is 13.1.